The van der Waals surface area contributed by atoms with Crippen LogP contribution in [-0.4, -0.2) is 50.3 Å². The number of aliphatic hydroxyl groups is 3. The van der Waals surface area contributed by atoms with Crippen LogP contribution in [0.15, 0.2) is 15.8 Å². The number of nitrogens with zero attached hydrogens (tertiary/aromatic N) is 1. The number of hydrogen-bond donors (Lipinski definition) is 4. The van der Waals surface area contributed by atoms with E-state index >= 15 is 0 Å². The zero-order chi connectivity index (χ0) is 14.7. The van der Waals surface area contributed by atoms with E-state index in [1.807, 2.05) is 0 Å². The number of aromatic nitrogens is 2. The maximum absolute atomic E-state index is 11.7. The van der Waals surface area contributed by atoms with Gasteiger partial charge in [-0.15, -0.1) is 0 Å². The largest absolute Gasteiger partial charge is 0.394 e. The standard InChI is InChI=1S/C12H14N2O6/c15-3-1-2-7-5-14(12(19)13-11(7)18)10-4-8(17)9(6-16)20-10/h5,8-10,15-17H,3-4,6H2,(H,13,18,19)/t8-,9-,10-/m1/s1. The van der Waals surface area contributed by atoms with Crippen molar-refractivity contribution >= 4 is 0 Å². The average Bonchev–Trinajstić information content (AvgIpc) is 2.79. The molecule has 2 rings (SSSR count). The van der Waals surface area contributed by atoms with E-state index in [0.717, 1.165) is 4.57 Å². The number of ether oxygens (including phenoxy) is 1. The minimum Gasteiger partial charge on any atom is -0.394 e. The quantitative estimate of drug-likeness (QED) is 0.445. The molecule has 2 heterocycles. The highest BCUT2D eigenvalue weighted by atomic mass is 16.5. The van der Waals surface area contributed by atoms with Gasteiger partial charge in [-0.2, -0.15) is 0 Å². The molecule has 0 unspecified atom stereocenters. The molecule has 0 amide bonds. The summed E-state index contributed by atoms with van der Waals surface area (Å²) in [6.07, 6.45) is -1.13. The predicted octanol–water partition coefficient (Wildman–Crippen LogP) is -2.48. The summed E-state index contributed by atoms with van der Waals surface area (Å²) in [4.78, 5) is 25.3. The molecule has 108 valence electrons. The maximum Gasteiger partial charge on any atom is 0.330 e. The van der Waals surface area contributed by atoms with Gasteiger partial charge in [0.15, 0.2) is 0 Å². The van der Waals surface area contributed by atoms with E-state index in [1.165, 1.54) is 6.20 Å². The third kappa shape index (κ3) is 2.81. The first-order valence-electron chi connectivity index (χ1n) is 5.96. The molecule has 1 aliphatic heterocycles. The second-order valence-electron chi connectivity index (χ2n) is 4.28. The van der Waals surface area contributed by atoms with E-state index in [2.05, 4.69) is 16.8 Å². The van der Waals surface area contributed by atoms with Gasteiger partial charge < -0.3 is 20.1 Å². The lowest BCUT2D eigenvalue weighted by Gasteiger charge is -2.14. The molecule has 8 nitrogen and oxygen atoms in total. The van der Waals surface area contributed by atoms with Crippen LogP contribution in [0.4, 0.5) is 0 Å². The van der Waals surface area contributed by atoms with Crippen molar-refractivity contribution in [2.24, 2.45) is 0 Å². The average molecular weight is 282 g/mol. The summed E-state index contributed by atoms with van der Waals surface area (Å²) in [5.74, 6) is 4.73. The fourth-order valence-corrected chi connectivity index (χ4v) is 1.97. The first-order chi connectivity index (χ1) is 9.56. The molecule has 3 atom stereocenters. The summed E-state index contributed by atoms with van der Waals surface area (Å²) in [7, 11) is 0. The number of nitrogens with one attached hydrogen (secondary N) is 1. The summed E-state index contributed by atoms with van der Waals surface area (Å²) in [5, 5.41) is 27.3. The van der Waals surface area contributed by atoms with Crippen LogP contribution in [0.25, 0.3) is 0 Å². The van der Waals surface area contributed by atoms with Gasteiger partial charge in [0.25, 0.3) is 5.56 Å². The minimum absolute atomic E-state index is 0.00388. The Morgan fingerprint density at radius 1 is 1.45 bits per heavy atom. The van der Waals surface area contributed by atoms with Crippen molar-refractivity contribution in [3.05, 3.63) is 32.6 Å². The van der Waals surface area contributed by atoms with Crippen molar-refractivity contribution in [1.29, 1.82) is 0 Å². The van der Waals surface area contributed by atoms with Crippen LogP contribution < -0.4 is 11.2 Å². The molecule has 0 radical (unpaired) electrons. The van der Waals surface area contributed by atoms with Gasteiger partial charge >= 0.3 is 5.69 Å². The normalized spacial score (nSPS) is 25.2. The predicted molar refractivity (Wildman–Crippen MR) is 66.9 cm³/mol. The van der Waals surface area contributed by atoms with E-state index in [-0.39, 0.29) is 18.6 Å². The van der Waals surface area contributed by atoms with Gasteiger partial charge in [-0.05, 0) is 0 Å². The Hall–Kier alpha value is -1.92. The van der Waals surface area contributed by atoms with E-state index < -0.39 is 36.3 Å². The first-order valence-corrected chi connectivity index (χ1v) is 5.96. The lowest BCUT2D eigenvalue weighted by molar-refractivity contribution is -0.0459. The Morgan fingerprint density at radius 3 is 2.80 bits per heavy atom. The molecule has 1 fully saturated rings. The van der Waals surface area contributed by atoms with E-state index in [1.54, 1.807) is 0 Å². The molecule has 20 heavy (non-hydrogen) atoms. The van der Waals surface area contributed by atoms with Crippen molar-refractivity contribution in [3.63, 3.8) is 0 Å². The summed E-state index contributed by atoms with van der Waals surface area (Å²) in [6, 6.07) is 0. The zero-order valence-electron chi connectivity index (χ0n) is 10.4. The van der Waals surface area contributed by atoms with Crippen LogP contribution in [0, 0.1) is 11.8 Å². The number of H-pyrrole nitrogens is 1. The molecule has 8 heteroatoms. The Kier molecular flexibility index (Phi) is 4.36. The molecule has 0 aromatic carbocycles. The second kappa shape index (κ2) is 6.02. The lowest BCUT2D eigenvalue weighted by Crippen LogP contribution is -2.33. The summed E-state index contributed by atoms with van der Waals surface area (Å²) in [6.45, 7) is -0.781. The fourth-order valence-electron chi connectivity index (χ4n) is 1.97. The van der Waals surface area contributed by atoms with Gasteiger partial charge in [0.1, 0.15) is 24.5 Å². The monoisotopic (exact) mass is 282 g/mol. The van der Waals surface area contributed by atoms with Crippen LogP contribution in [0.3, 0.4) is 0 Å². The molecule has 1 saturated heterocycles. The summed E-state index contributed by atoms with van der Waals surface area (Å²) < 4.78 is 6.43. The lowest BCUT2D eigenvalue weighted by atomic mass is 10.2. The van der Waals surface area contributed by atoms with E-state index in [4.69, 9.17) is 14.9 Å². The Bertz CT molecular complexity index is 652. The van der Waals surface area contributed by atoms with Crippen molar-refractivity contribution in [2.75, 3.05) is 13.2 Å². The molecule has 1 aliphatic rings. The van der Waals surface area contributed by atoms with Gasteiger partial charge in [-0.25, -0.2) is 4.79 Å². The molecule has 0 aliphatic carbocycles. The van der Waals surface area contributed by atoms with Gasteiger partial charge in [0, 0.05) is 12.6 Å². The molecule has 1 aromatic heterocycles. The number of hydrogen-bond acceptors (Lipinski definition) is 6. The summed E-state index contributed by atoms with van der Waals surface area (Å²) >= 11 is 0. The van der Waals surface area contributed by atoms with Crippen molar-refractivity contribution in [3.8, 4) is 11.8 Å². The zero-order valence-corrected chi connectivity index (χ0v) is 10.4. The Morgan fingerprint density at radius 2 is 2.20 bits per heavy atom. The Labute approximate surface area is 113 Å². The molecule has 0 bridgehead atoms. The van der Waals surface area contributed by atoms with Gasteiger partial charge in [0.2, 0.25) is 0 Å². The van der Waals surface area contributed by atoms with Gasteiger partial charge in [0.05, 0.1) is 12.7 Å². The maximum atomic E-state index is 11.7. The van der Waals surface area contributed by atoms with Crippen LogP contribution in [0.1, 0.15) is 18.2 Å². The van der Waals surface area contributed by atoms with Crippen molar-refractivity contribution in [2.45, 2.75) is 24.9 Å². The molecule has 1 aromatic rings. The molecule has 4 N–H and O–H groups in total. The van der Waals surface area contributed by atoms with Gasteiger partial charge in [-0.1, -0.05) is 11.8 Å². The molecular weight excluding hydrogens is 268 g/mol. The third-order valence-corrected chi connectivity index (χ3v) is 2.96. The smallest absolute Gasteiger partial charge is 0.330 e. The van der Waals surface area contributed by atoms with Gasteiger partial charge in [-0.3, -0.25) is 14.3 Å². The van der Waals surface area contributed by atoms with Crippen molar-refractivity contribution in [1.82, 2.24) is 9.55 Å². The SMILES string of the molecule is O=c1[nH]c(=O)n([C@H]2C[C@@H](O)[C@@H](CO)O2)cc1C#CCO. The van der Waals surface area contributed by atoms with Crippen molar-refractivity contribution < 1.29 is 20.1 Å². The van der Waals surface area contributed by atoms with E-state index in [9.17, 15) is 14.7 Å². The number of rotatable bonds is 2. The molecule has 0 saturated carbocycles. The highest BCUT2D eigenvalue weighted by Crippen LogP contribution is 2.27. The fraction of sp³-hybridized carbons (Fsp3) is 0.500. The topological polar surface area (TPSA) is 125 Å². The van der Waals surface area contributed by atoms with Crippen LogP contribution in [0.5, 0.6) is 0 Å². The molecular formula is C12H14N2O6. The van der Waals surface area contributed by atoms with Crippen LogP contribution in [0.2, 0.25) is 0 Å². The number of aliphatic hydroxyl groups excluding tert-OH is 3. The van der Waals surface area contributed by atoms with Crippen LogP contribution in [-0.2, 0) is 4.74 Å². The summed E-state index contributed by atoms with van der Waals surface area (Å²) in [5.41, 5.74) is -1.35. The van der Waals surface area contributed by atoms with E-state index in [0.29, 0.717) is 0 Å². The third-order valence-electron chi connectivity index (χ3n) is 2.96. The first kappa shape index (κ1) is 14.5. The number of aromatic amines is 1. The Balaban J connectivity index is 2.38. The highest BCUT2D eigenvalue weighted by Gasteiger charge is 2.35. The van der Waals surface area contributed by atoms with Crippen LogP contribution >= 0.6 is 0 Å². The highest BCUT2D eigenvalue weighted by molar-refractivity contribution is 5.29. The second-order valence-corrected chi connectivity index (χ2v) is 4.28. The minimum atomic E-state index is -0.893. The molecule has 0 spiro atoms.